The largest absolute Gasteiger partial charge is 0.480 e. The Hall–Kier alpha value is -2.50. The molecule has 0 aliphatic carbocycles. The summed E-state index contributed by atoms with van der Waals surface area (Å²) in [6, 6.07) is 5.74. The lowest BCUT2D eigenvalue weighted by Crippen LogP contribution is -2.49. The van der Waals surface area contributed by atoms with E-state index in [1.165, 1.54) is 24.3 Å². The lowest BCUT2D eigenvalue weighted by molar-refractivity contribution is -0.139. The van der Waals surface area contributed by atoms with E-state index in [9.17, 15) is 27.9 Å². The topological polar surface area (TPSA) is 168 Å². The van der Waals surface area contributed by atoms with Gasteiger partial charge >= 0.3 is 5.97 Å². The van der Waals surface area contributed by atoms with Gasteiger partial charge in [-0.15, -0.1) is 0 Å². The molecule has 1 aromatic carbocycles. The van der Waals surface area contributed by atoms with Gasteiger partial charge in [-0.1, -0.05) is 31.0 Å². The fraction of sp³-hybridized carbons (Fsp3) is 0.500. The molecule has 0 unspecified atom stereocenters. The Kier molecular flexibility index (Phi) is 10.9. The Morgan fingerprint density at radius 3 is 2.24 bits per heavy atom. The van der Waals surface area contributed by atoms with Gasteiger partial charge in [0.25, 0.3) is 0 Å². The molecule has 6 N–H and O–H groups in total. The quantitative estimate of drug-likeness (QED) is 0.250. The third-order valence-electron chi connectivity index (χ3n) is 3.96. The van der Waals surface area contributed by atoms with Crippen LogP contribution in [0.5, 0.6) is 0 Å². The molecule has 0 spiro atoms. The summed E-state index contributed by atoms with van der Waals surface area (Å²) in [6.07, 6.45) is 3.70. The average molecular weight is 429 g/mol. The van der Waals surface area contributed by atoms with Gasteiger partial charge in [0.05, 0.1) is 11.4 Å². The minimum atomic E-state index is -4.05. The van der Waals surface area contributed by atoms with Crippen molar-refractivity contribution in [2.45, 2.75) is 43.0 Å². The molecule has 1 rings (SSSR count). The highest BCUT2D eigenvalue weighted by Gasteiger charge is 2.25. The predicted octanol–water partition coefficient (Wildman–Crippen LogP) is -0.440. The van der Waals surface area contributed by atoms with Crippen molar-refractivity contribution >= 4 is 27.8 Å². The number of amides is 2. The van der Waals surface area contributed by atoms with Crippen molar-refractivity contribution in [1.82, 2.24) is 15.4 Å². The molecule has 0 aliphatic rings. The van der Waals surface area contributed by atoms with E-state index in [0.29, 0.717) is 13.0 Å². The lowest BCUT2D eigenvalue weighted by atomic mass is 10.1. The zero-order chi connectivity index (χ0) is 21.7. The van der Waals surface area contributed by atoms with Gasteiger partial charge < -0.3 is 21.5 Å². The molecular formula is C18H28N4O6S. The van der Waals surface area contributed by atoms with Crippen LogP contribution < -0.4 is 21.1 Å². The Morgan fingerprint density at radius 1 is 0.966 bits per heavy atom. The van der Waals surface area contributed by atoms with E-state index < -0.39 is 34.5 Å². The number of hydrogen-bond donors (Lipinski definition) is 5. The molecule has 0 bridgehead atoms. The van der Waals surface area contributed by atoms with Crippen LogP contribution in [0.25, 0.3) is 0 Å². The summed E-state index contributed by atoms with van der Waals surface area (Å²) in [5.41, 5.74) is 5.38. The van der Waals surface area contributed by atoms with Crippen LogP contribution in [-0.2, 0) is 24.4 Å². The maximum atomic E-state index is 12.2. The fourth-order valence-electron chi connectivity index (χ4n) is 2.36. The van der Waals surface area contributed by atoms with E-state index in [0.717, 1.165) is 19.3 Å². The number of nitrogens with two attached hydrogens (primary N) is 1. The zero-order valence-electron chi connectivity index (χ0n) is 16.1. The molecule has 0 aliphatic heterocycles. The van der Waals surface area contributed by atoms with Crippen LogP contribution in [0.15, 0.2) is 35.2 Å². The molecule has 0 saturated carbocycles. The molecule has 1 aromatic rings. The summed E-state index contributed by atoms with van der Waals surface area (Å²) in [5, 5.41) is 14.0. The summed E-state index contributed by atoms with van der Waals surface area (Å²) in [5.74, 6) is -2.34. The van der Waals surface area contributed by atoms with Crippen LogP contribution in [-0.4, -0.2) is 57.0 Å². The highest BCUT2D eigenvalue weighted by molar-refractivity contribution is 7.89. The van der Waals surface area contributed by atoms with Gasteiger partial charge in [-0.3, -0.25) is 14.4 Å². The van der Waals surface area contributed by atoms with Crippen molar-refractivity contribution in [3.63, 3.8) is 0 Å². The van der Waals surface area contributed by atoms with Crippen LogP contribution in [0.3, 0.4) is 0 Å². The first-order valence-electron chi connectivity index (χ1n) is 9.30. The fourth-order valence-corrected chi connectivity index (χ4v) is 3.57. The molecule has 162 valence electrons. The number of aliphatic carboxylic acids is 1. The number of benzene rings is 1. The summed E-state index contributed by atoms with van der Waals surface area (Å²) in [6.45, 7) is -0.167. The van der Waals surface area contributed by atoms with Gasteiger partial charge in [0.1, 0.15) is 6.04 Å². The first kappa shape index (κ1) is 24.5. The molecule has 0 saturated heterocycles. The first-order valence-corrected chi connectivity index (χ1v) is 10.8. The number of unbranched alkanes of at least 4 members (excludes halogenated alkanes) is 3. The predicted molar refractivity (Wildman–Crippen MR) is 106 cm³/mol. The minimum Gasteiger partial charge on any atom is -0.480 e. The third kappa shape index (κ3) is 10.0. The Bertz CT molecular complexity index is 770. The zero-order valence-corrected chi connectivity index (χ0v) is 16.9. The average Bonchev–Trinajstić information content (AvgIpc) is 2.69. The normalized spacial score (nSPS) is 12.2. The van der Waals surface area contributed by atoms with Gasteiger partial charge in [0.2, 0.25) is 21.8 Å². The van der Waals surface area contributed by atoms with Crippen molar-refractivity contribution < 1.29 is 27.9 Å². The molecule has 1 atom stereocenters. The maximum Gasteiger partial charge on any atom is 0.323 e. The Labute approximate surface area is 170 Å². The SMILES string of the molecule is NCCCCCCC(=O)NCC(=O)NC[C@@H](NS(=O)(=O)c1ccccc1)C(=O)O. The molecule has 2 amide bonds. The van der Waals surface area contributed by atoms with Crippen LogP contribution in [0.2, 0.25) is 0 Å². The second-order valence-electron chi connectivity index (χ2n) is 6.36. The summed E-state index contributed by atoms with van der Waals surface area (Å²) in [4.78, 5) is 34.7. The highest BCUT2D eigenvalue weighted by Crippen LogP contribution is 2.08. The molecule has 29 heavy (non-hydrogen) atoms. The standard InChI is InChI=1S/C18H28N4O6S/c19-11-7-2-1-6-10-16(23)21-13-17(24)20-12-15(18(25)26)22-29(27,28)14-8-4-3-5-9-14/h3-5,8-9,15,22H,1-2,6-7,10-13,19H2,(H,20,24)(H,21,23)(H,25,26)/t15-/m1/s1. The van der Waals surface area contributed by atoms with Gasteiger partial charge in [0.15, 0.2) is 0 Å². The number of nitrogens with one attached hydrogen (secondary N) is 3. The monoisotopic (exact) mass is 428 g/mol. The molecule has 0 fully saturated rings. The van der Waals surface area contributed by atoms with Crippen molar-refractivity contribution in [2.24, 2.45) is 5.73 Å². The lowest BCUT2D eigenvalue weighted by Gasteiger charge is -2.16. The number of carboxylic acid groups (broad SMARTS) is 1. The minimum absolute atomic E-state index is 0.0868. The van der Waals surface area contributed by atoms with Crippen LogP contribution in [0.1, 0.15) is 32.1 Å². The number of carbonyl (C=O) groups is 3. The van der Waals surface area contributed by atoms with Crippen molar-refractivity contribution in [3.05, 3.63) is 30.3 Å². The van der Waals surface area contributed by atoms with Gasteiger partial charge in [-0.2, -0.15) is 4.72 Å². The van der Waals surface area contributed by atoms with Gasteiger partial charge in [0, 0.05) is 13.0 Å². The first-order chi connectivity index (χ1) is 13.8. The number of carboxylic acids is 1. The number of hydrogen-bond acceptors (Lipinski definition) is 6. The molecular weight excluding hydrogens is 400 g/mol. The van der Waals surface area contributed by atoms with Crippen molar-refractivity contribution in [2.75, 3.05) is 19.6 Å². The third-order valence-corrected chi connectivity index (χ3v) is 5.44. The molecule has 0 heterocycles. The molecule has 0 aromatic heterocycles. The number of carbonyl (C=O) groups excluding carboxylic acids is 2. The number of rotatable bonds is 14. The van der Waals surface area contributed by atoms with Crippen LogP contribution in [0.4, 0.5) is 0 Å². The second kappa shape index (κ2) is 12.9. The molecule has 0 radical (unpaired) electrons. The van der Waals surface area contributed by atoms with E-state index in [4.69, 9.17) is 5.73 Å². The Morgan fingerprint density at radius 2 is 1.62 bits per heavy atom. The van der Waals surface area contributed by atoms with E-state index >= 15 is 0 Å². The van der Waals surface area contributed by atoms with Crippen LogP contribution in [0, 0.1) is 0 Å². The number of sulfonamides is 1. The smallest absolute Gasteiger partial charge is 0.323 e. The second-order valence-corrected chi connectivity index (χ2v) is 8.07. The Balaban J connectivity index is 2.41. The molecule has 10 nitrogen and oxygen atoms in total. The van der Waals surface area contributed by atoms with Gasteiger partial charge in [-0.05, 0) is 31.5 Å². The summed E-state index contributed by atoms with van der Waals surface area (Å²) in [7, 11) is -4.05. The van der Waals surface area contributed by atoms with E-state index in [1.807, 2.05) is 4.72 Å². The van der Waals surface area contributed by atoms with Crippen molar-refractivity contribution in [3.8, 4) is 0 Å². The van der Waals surface area contributed by atoms with Crippen LogP contribution >= 0.6 is 0 Å². The molecule has 11 heteroatoms. The van der Waals surface area contributed by atoms with Crippen molar-refractivity contribution in [1.29, 1.82) is 0 Å². The highest BCUT2D eigenvalue weighted by atomic mass is 32.2. The van der Waals surface area contributed by atoms with E-state index in [2.05, 4.69) is 10.6 Å². The van der Waals surface area contributed by atoms with E-state index in [1.54, 1.807) is 6.07 Å². The van der Waals surface area contributed by atoms with Gasteiger partial charge in [-0.25, -0.2) is 8.42 Å². The summed E-state index contributed by atoms with van der Waals surface area (Å²) < 4.78 is 26.5. The summed E-state index contributed by atoms with van der Waals surface area (Å²) >= 11 is 0. The maximum absolute atomic E-state index is 12.2. The van der Waals surface area contributed by atoms with E-state index in [-0.39, 0.29) is 23.8 Å².